The molecular formula is C9H14N2O5. The Kier molecular flexibility index (Phi) is 3.48. The minimum Gasteiger partial charge on any atom is -0.481 e. The monoisotopic (exact) mass is 230 g/mol. The molecular weight excluding hydrogens is 216 g/mol. The van der Waals surface area contributed by atoms with Crippen LogP contribution in [-0.2, 0) is 14.4 Å². The Labute approximate surface area is 91.6 Å². The molecule has 0 aromatic carbocycles. The van der Waals surface area contributed by atoms with Gasteiger partial charge < -0.3 is 21.3 Å². The van der Waals surface area contributed by atoms with Gasteiger partial charge in [-0.25, -0.2) is 4.79 Å². The number of carbonyl (C=O) groups is 3. The van der Waals surface area contributed by atoms with Gasteiger partial charge in [0.05, 0.1) is 12.5 Å². The van der Waals surface area contributed by atoms with E-state index >= 15 is 0 Å². The molecule has 0 aliphatic heterocycles. The van der Waals surface area contributed by atoms with Gasteiger partial charge in [-0.05, 0) is 19.3 Å². The molecule has 0 spiro atoms. The predicted molar refractivity (Wildman–Crippen MR) is 52.6 cm³/mol. The molecule has 90 valence electrons. The molecule has 1 fully saturated rings. The van der Waals surface area contributed by atoms with E-state index in [0.29, 0.717) is 12.8 Å². The molecule has 7 nitrogen and oxygen atoms in total. The molecule has 1 aliphatic rings. The van der Waals surface area contributed by atoms with E-state index in [-0.39, 0.29) is 0 Å². The first kappa shape index (κ1) is 12.4. The summed E-state index contributed by atoms with van der Waals surface area (Å²) in [7, 11) is 0. The van der Waals surface area contributed by atoms with E-state index in [9.17, 15) is 14.4 Å². The summed E-state index contributed by atoms with van der Waals surface area (Å²) in [5.41, 5.74) is 4.08. The van der Waals surface area contributed by atoms with Crippen LogP contribution in [0, 0.1) is 0 Å². The average Bonchev–Trinajstić information content (AvgIpc) is 2.08. The lowest BCUT2D eigenvalue weighted by Gasteiger charge is -2.38. The van der Waals surface area contributed by atoms with Crippen LogP contribution in [0.15, 0.2) is 0 Å². The van der Waals surface area contributed by atoms with Crippen molar-refractivity contribution in [3.05, 3.63) is 0 Å². The van der Waals surface area contributed by atoms with Crippen molar-refractivity contribution < 1.29 is 24.6 Å². The number of rotatable bonds is 5. The van der Waals surface area contributed by atoms with Gasteiger partial charge >= 0.3 is 11.9 Å². The molecule has 0 heterocycles. The van der Waals surface area contributed by atoms with Crippen molar-refractivity contribution in [1.29, 1.82) is 0 Å². The fraction of sp³-hybridized carbons (Fsp3) is 0.667. The maximum absolute atomic E-state index is 11.4. The Morgan fingerprint density at radius 1 is 1.31 bits per heavy atom. The lowest BCUT2D eigenvalue weighted by atomic mass is 9.76. The fourth-order valence-electron chi connectivity index (χ4n) is 1.53. The van der Waals surface area contributed by atoms with Gasteiger partial charge in [0.25, 0.3) is 0 Å². The second-order valence-corrected chi connectivity index (χ2v) is 3.93. The summed E-state index contributed by atoms with van der Waals surface area (Å²) in [5.74, 6) is -3.03. The zero-order valence-electron chi connectivity index (χ0n) is 8.60. The van der Waals surface area contributed by atoms with Gasteiger partial charge in [-0.1, -0.05) is 0 Å². The van der Waals surface area contributed by atoms with Gasteiger partial charge in [-0.3, -0.25) is 9.59 Å². The molecule has 0 saturated heterocycles. The largest absolute Gasteiger partial charge is 0.481 e. The van der Waals surface area contributed by atoms with E-state index in [1.54, 1.807) is 0 Å². The number of hydrogen-bond donors (Lipinski definition) is 4. The van der Waals surface area contributed by atoms with Crippen LogP contribution < -0.4 is 11.1 Å². The van der Waals surface area contributed by atoms with E-state index < -0.39 is 35.8 Å². The number of carboxylic acids is 2. The van der Waals surface area contributed by atoms with E-state index in [2.05, 4.69) is 5.32 Å². The van der Waals surface area contributed by atoms with Crippen LogP contribution in [0.1, 0.15) is 25.7 Å². The fourth-order valence-corrected chi connectivity index (χ4v) is 1.53. The van der Waals surface area contributed by atoms with Crippen LogP contribution in [0.3, 0.4) is 0 Å². The lowest BCUT2D eigenvalue weighted by Crippen LogP contribution is -2.62. The summed E-state index contributed by atoms with van der Waals surface area (Å²) in [4.78, 5) is 32.7. The topological polar surface area (TPSA) is 130 Å². The second kappa shape index (κ2) is 4.48. The third-order valence-corrected chi connectivity index (χ3v) is 2.71. The first-order chi connectivity index (χ1) is 7.37. The van der Waals surface area contributed by atoms with Crippen LogP contribution >= 0.6 is 0 Å². The molecule has 0 bridgehead atoms. The molecule has 1 aliphatic carbocycles. The summed E-state index contributed by atoms with van der Waals surface area (Å²) in [5, 5.41) is 19.7. The van der Waals surface area contributed by atoms with Crippen molar-refractivity contribution in [2.24, 2.45) is 5.73 Å². The van der Waals surface area contributed by atoms with Gasteiger partial charge in [0.1, 0.15) is 5.54 Å². The number of carbonyl (C=O) groups excluding carboxylic acids is 1. The predicted octanol–water partition coefficient (Wildman–Crippen LogP) is -1.09. The average molecular weight is 230 g/mol. The van der Waals surface area contributed by atoms with Gasteiger partial charge in [-0.2, -0.15) is 0 Å². The molecule has 0 radical (unpaired) electrons. The molecule has 1 unspecified atom stereocenters. The summed E-state index contributed by atoms with van der Waals surface area (Å²) < 4.78 is 0. The molecule has 1 atom stereocenters. The normalized spacial score (nSPS) is 19.3. The van der Waals surface area contributed by atoms with Crippen LogP contribution in [0.4, 0.5) is 0 Å². The minimum atomic E-state index is -1.24. The second-order valence-electron chi connectivity index (χ2n) is 3.93. The van der Waals surface area contributed by atoms with E-state index in [0.717, 1.165) is 6.42 Å². The first-order valence-electron chi connectivity index (χ1n) is 4.90. The first-order valence-corrected chi connectivity index (χ1v) is 4.90. The standard InChI is InChI=1S/C9H14N2O5/c10-5(4-6(12)13)7(14)11-9(8(15)16)2-1-3-9/h5H,1-4,10H2,(H,11,14)(H,12,13)(H,15,16). The van der Waals surface area contributed by atoms with Gasteiger partial charge in [0.2, 0.25) is 5.91 Å². The lowest BCUT2D eigenvalue weighted by molar-refractivity contribution is -0.152. The Bertz CT molecular complexity index is 324. The Morgan fingerprint density at radius 2 is 1.88 bits per heavy atom. The Hall–Kier alpha value is -1.63. The molecule has 7 heteroatoms. The molecule has 1 saturated carbocycles. The van der Waals surface area contributed by atoms with Crippen molar-refractivity contribution in [3.8, 4) is 0 Å². The summed E-state index contributed by atoms with van der Waals surface area (Å²) in [6, 6.07) is -1.21. The van der Waals surface area contributed by atoms with Crippen LogP contribution in [0.5, 0.6) is 0 Å². The van der Waals surface area contributed by atoms with Crippen molar-refractivity contribution in [3.63, 3.8) is 0 Å². The van der Waals surface area contributed by atoms with Crippen LogP contribution in [0.2, 0.25) is 0 Å². The third kappa shape index (κ3) is 2.48. The smallest absolute Gasteiger partial charge is 0.329 e. The minimum absolute atomic E-state index is 0.355. The van der Waals surface area contributed by atoms with Crippen LogP contribution in [-0.4, -0.2) is 39.6 Å². The number of nitrogens with one attached hydrogen (secondary N) is 1. The van der Waals surface area contributed by atoms with Crippen molar-refractivity contribution in [1.82, 2.24) is 5.32 Å². The summed E-state index contributed by atoms with van der Waals surface area (Å²) in [6.45, 7) is 0. The Morgan fingerprint density at radius 3 is 2.19 bits per heavy atom. The van der Waals surface area contributed by atoms with Crippen molar-refractivity contribution in [2.75, 3.05) is 0 Å². The summed E-state index contributed by atoms with van der Waals surface area (Å²) >= 11 is 0. The number of nitrogens with two attached hydrogens (primary N) is 1. The van der Waals surface area contributed by atoms with Gasteiger partial charge in [0.15, 0.2) is 0 Å². The molecule has 1 rings (SSSR count). The summed E-state index contributed by atoms with van der Waals surface area (Å²) in [6.07, 6.45) is 0.921. The van der Waals surface area contributed by atoms with Gasteiger partial charge in [-0.15, -0.1) is 0 Å². The van der Waals surface area contributed by atoms with E-state index in [4.69, 9.17) is 15.9 Å². The highest BCUT2D eigenvalue weighted by Gasteiger charge is 2.46. The van der Waals surface area contributed by atoms with E-state index in [1.807, 2.05) is 0 Å². The van der Waals surface area contributed by atoms with Crippen molar-refractivity contribution in [2.45, 2.75) is 37.3 Å². The highest BCUT2D eigenvalue weighted by atomic mass is 16.4. The van der Waals surface area contributed by atoms with E-state index in [1.165, 1.54) is 0 Å². The molecule has 5 N–H and O–H groups in total. The molecule has 0 aromatic heterocycles. The number of carboxylic acid groups (broad SMARTS) is 2. The molecule has 1 amide bonds. The number of hydrogen-bond acceptors (Lipinski definition) is 4. The molecule has 0 aromatic rings. The zero-order valence-corrected chi connectivity index (χ0v) is 8.60. The van der Waals surface area contributed by atoms with Crippen LogP contribution in [0.25, 0.3) is 0 Å². The maximum Gasteiger partial charge on any atom is 0.329 e. The highest BCUT2D eigenvalue weighted by Crippen LogP contribution is 2.32. The maximum atomic E-state index is 11.4. The zero-order chi connectivity index (χ0) is 12.3. The SMILES string of the molecule is NC(CC(=O)O)C(=O)NC1(C(=O)O)CCC1. The van der Waals surface area contributed by atoms with Crippen molar-refractivity contribution >= 4 is 17.8 Å². The number of amides is 1. The highest BCUT2D eigenvalue weighted by molar-refractivity contribution is 5.91. The third-order valence-electron chi connectivity index (χ3n) is 2.71. The Balaban J connectivity index is 2.56. The quantitative estimate of drug-likeness (QED) is 0.475. The van der Waals surface area contributed by atoms with Gasteiger partial charge in [0, 0.05) is 0 Å². The number of aliphatic carboxylic acids is 2. The molecule has 16 heavy (non-hydrogen) atoms.